The Labute approximate surface area is 145 Å². The zero-order valence-corrected chi connectivity index (χ0v) is 14.4. The maximum Gasteiger partial charge on any atom is 0.256 e. The number of amides is 1. The highest BCUT2D eigenvalue weighted by Crippen LogP contribution is 2.27. The van der Waals surface area contributed by atoms with Crippen LogP contribution in [0.25, 0.3) is 5.82 Å². The van der Waals surface area contributed by atoms with Gasteiger partial charge in [-0.1, -0.05) is 6.07 Å². The Bertz CT molecular complexity index is 869. The molecule has 1 N–H and O–H groups in total. The normalized spacial score (nSPS) is 10.5. The number of nitrogens with zero attached hydrogens (tertiary/aromatic N) is 3. The highest BCUT2D eigenvalue weighted by molar-refractivity contribution is 5.97. The lowest BCUT2D eigenvalue weighted by atomic mass is 10.2. The summed E-state index contributed by atoms with van der Waals surface area (Å²) in [7, 11) is 4.98. The molecule has 1 amide bonds. The second kappa shape index (κ2) is 7.12. The van der Waals surface area contributed by atoms with E-state index in [-0.39, 0.29) is 5.91 Å². The Balaban J connectivity index is 1.76. The Hall–Kier alpha value is -3.22. The van der Waals surface area contributed by atoms with Crippen LogP contribution in [0.1, 0.15) is 15.9 Å². The molecule has 0 unspecified atom stereocenters. The van der Waals surface area contributed by atoms with Crippen molar-refractivity contribution in [2.75, 3.05) is 14.2 Å². The van der Waals surface area contributed by atoms with Crippen LogP contribution in [0.5, 0.6) is 11.5 Å². The van der Waals surface area contributed by atoms with Crippen molar-refractivity contribution in [2.24, 2.45) is 7.05 Å². The van der Waals surface area contributed by atoms with Crippen LogP contribution in [0.2, 0.25) is 0 Å². The average molecular weight is 340 g/mol. The molecule has 7 nitrogen and oxygen atoms in total. The topological polar surface area (TPSA) is 70.3 Å². The number of hydrogen-bond acceptors (Lipinski definition) is 4. The third kappa shape index (κ3) is 3.35. The molecule has 0 bridgehead atoms. The summed E-state index contributed by atoms with van der Waals surface area (Å²) in [6.07, 6.45) is 5.32. The molecule has 3 aromatic rings. The van der Waals surface area contributed by atoms with Crippen molar-refractivity contribution in [3.63, 3.8) is 0 Å². The number of nitrogens with one attached hydrogen (secondary N) is 1. The molecule has 7 heteroatoms. The molecule has 3 rings (SSSR count). The second-order valence-electron chi connectivity index (χ2n) is 5.47. The molecule has 0 saturated carbocycles. The molecule has 0 fully saturated rings. The number of carbonyl (C=O) groups is 1. The van der Waals surface area contributed by atoms with Gasteiger partial charge >= 0.3 is 0 Å². The zero-order valence-electron chi connectivity index (χ0n) is 14.4. The summed E-state index contributed by atoms with van der Waals surface area (Å²) in [4.78, 5) is 12.6. The largest absolute Gasteiger partial charge is 0.493 e. The Kier molecular flexibility index (Phi) is 4.74. The number of ether oxygens (including phenoxy) is 2. The second-order valence-corrected chi connectivity index (χ2v) is 5.47. The van der Waals surface area contributed by atoms with E-state index in [0.717, 1.165) is 11.4 Å². The number of aryl methyl sites for hydroxylation is 1. The smallest absolute Gasteiger partial charge is 0.256 e. The summed E-state index contributed by atoms with van der Waals surface area (Å²) in [6, 6.07) is 9.35. The lowest BCUT2D eigenvalue weighted by Gasteiger charge is -2.11. The van der Waals surface area contributed by atoms with Gasteiger partial charge in [0.15, 0.2) is 11.5 Å². The van der Waals surface area contributed by atoms with E-state index in [2.05, 4.69) is 10.4 Å². The van der Waals surface area contributed by atoms with Gasteiger partial charge in [0.2, 0.25) is 0 Å². The van der Waals surface area contributed by atoms with Gasteiger partial charge in [-0.3, -0.25) is 9.48 Å². The minimum absolute atomic E-state index is 0.188. The molecule has 0 aliphatic rings. The van der Waals surface area contributed by atoms with Crippen LogP contribution < -0.4 is 14.8 Å². The van der Waals surface area contributed by atoms with Crippen molar-refractivity contribution in [1.82, 2.24) is 19.7 Å². The van der Waals surface area contributed by atoms with Crippen LogP contribution in [0.3, 0.4) is 0 Å². The summed E-state index contributed by atoms with van der Waals surface area (Å²) >= 11 is 0. The molecule has 0 atom stereocenters. The van der Waals surface area contributed by atoms with E-state index in [1.54, 1.807) is 32.1 Å². The lowest BCUT2D eigenvalue weighted by Crippen LogP contribution is -2.24. The van der Waals surface area contributed by atoms with Crippen LogP contribution in [0, 0.1) is 0 Å². The Morgan fingerprint density at radius 3 is 2.56 bits per heavy atom. The number of hydrogen-bond donors (Lipinski definition) is 1. The molecule has 1 aromatic carbocycles. The van der Waals surface area contributed by atoms with E-state index in [1.807, 2.05) is 47.3 Å². The SMILES string of the molecule is COc1ccc(CNC(=O)c2cnn(C)c2-n2cccc2)cc1OC. The third-order valence-corrected chi connectivity index (χ3v) is 3.90. The van der Waals surface area contributed by atoms with E-state index in [1.165, 1.54) is 0 Å². The quantitative estimate of drug-likeness (QED) is 0.746. The van der Waals surface area contributed by atoms with Crippen molar-refractivity contribution >= 4 is 5.91 Å². The molecule has 2 aromatic heterocycles. The third-order valence-electron chi connectivity index (χ3n) is 3.90. The number of methoxy groups -OCH3 is 2. The van der Waals surface area contributed by atoms with Crippen LogP contribution in [0.15, 0.2) is 48.9 Å². The first-order valence-corrected chi connectivity index (χ1v) is 7.78. The van der Waals surface area contributed by atoms with Gasteiger partial charge in [0.25, 0.3) is 5.91 Å². The molecule has 0 saturated heterocycles. The van der Waals surface area contributed by atoms with E-state index in [0.29, 0.717) is 23.6 Å². The van der Waals surface area contributed by atoms with Crippen LogP contribution in [-0.4, -0.2) is 34.5 Å². The van der Waals surface area contributed by atoms with E-state index >= 15 is 0 Å². The molecular weight excluding hydrogens is 320 g/mol. The minimum atomic E-state index is -0.188. The Morgan fingerprint density at radius 2 is 1.88 bits per heavy atom. The summed E-state index contributed by atoms with van der Waals surface area (Å²) in [5.41, 5.74) is 1.43. The fourth-order valence-electron chi connectivity index (χ4n) is 2.64. The Morgan fingerprint density at radius 1 is 1.16 bits per heavy atom. The van der Waals surface area contributed by atoms with Gasteiger partial charge in [0, 0.05) is 26.0 Å². The van der Waals surface area contributed by atoms with Crippen molar-refractivity contribution in [2.45, 2.75) is 6.54 Å². The predicted molar refractivity (Wildman–Crippen MR) is 93.3 cm³/mol. The number of carbonyl (C=O) groups excluding carboxylic acids is 1. The minimum Gasteiger partial charge on any atom is -0.493 e. The first-order valence-electron chi connectivity index (χ1n) is 7.78. The summed E-state index contributed by atoms with van der Waals surface area (Å²) in [6.45, 7) is 0.374. The van der Waals surface area contributed by atoms with Gasteiger partial charge in [-0.15, -0.1) is 0 Å². The van der Waals surface area contributed by atoms with Gasteiger partial charge in [-0.05, 0) is 29.8 Å². The summed E-state index contributed by atoms with van der Waals surface area (Å²) in [5, 5.41) is 7.11. The van der Waals surface area contributed by atoms with Gasteiger partial charge in [0.1, 0.15) is 11.4 Å². The van der Waals surface area contributed by atoms with Crippen molar-refractivity contribution in [3.05, 3.63) is 60.0 Å². The number of benzene rings is 1. The molecule has 130 valence electrons. The van der Waals surface area contributed by atoms with Crippen molar-refractivity contribution in [3.8, 4) is 17.3 Å². The van der Waals surface area contributed by atoms with Crippen molar-refractivity contribution < 1.29 is 14.3 Å². The molecule has 0 aliphatic carbocycles. The number of aromatic nitrogens is 3. The molecule has 0 radical (unpaired) electrons. The van der Waals surface area contributed by atoms with Crippen LogP contribution >= 0.6 is 0 Å². The fourth-order valence-corrected chi connectivity index (χ4v) is 2.64. The summed E-state index contributed by atoms with van der Waals surface area (Å²) in [5.74, 6) is 1.81. The highest BCUT2D eigenvalue weighted by atomic mass is 16.5. The molecular formula is C18H20N4O3. The first-order chi connectivity index (χ1) is 12.1. The van der Waals surface area contributed by atoms with Gasteiger partial charge in [0.05, 0.1) is 20.4 Å². The van der Waals surface area contributed by atoms with E-state index in [4.69, 9.17) is 9.47 Å². The number of rotatable bonds is 6. The lowest BCUT2D eigenvalue weighted by molar-refractivity contribution is 0.0951. The summed E-state index contributed by atoms with van der Waals surface area (Å²) < 4.78 is 14.0. The van der Waals surface area contributed by atoms with Gasteiger partial charge in [-0.25, -0.2) is 0 Å². The van der Waals surface area contributed by atoms with E-state index < -0.39 is 0 Å². The zero-order chi connectivity index (χ0) is 17.8. The predicted octanol–water partition coefficient (Wildman–Crippen LogP) is 2.16. The van der Waals surface area contributed by atoms with Crippen LogP contribution in [-0.2, 0) is 13.6 Å². The van der Waals surface area contributed by atoms with Crippen molar-refractivity contribution in [1.29, 1.82) is 0 Å². The van der Waals surface area contributed by atoms with E-state index in [9.17, 15) is 4.79 Å². The van der Waals surface area contributed by atoms with Gasteiger partial charge in [-0.2, -0.15) is 5.10 Å². The van der Waals surface area contributed by atoms with Gasteiger partial charge < -0.3 is 19.4 Å². The monoisotopic (exact) mass is 340 g/mol. The van der Waals surface area contributed by atoms with Crippen LogP contribution in [0.4, 0.5) is 0 Å². The maximum absolute atomic E-state index is 12.6. The maximum atomic E-state index is 12.6. The standard InChI is InChI=1S/C18H20N4O3/c1-21-18(22-8-4-5-9-22)14(12-20-21)17(23)19-11-13-6-7-15(24-2)16(10-13)25-3/h4-10,12H,11H2,1-3H3,(H,19,23). The molecule has 0 aliphatic heterocycles. The first kappa shape index (κ1) is 16.6. The molecule has 2 heterocycles. The molecule has 25 heavy (non-hydrogen) atoms. The fraction of sp³-hybridized carbons (Fsp3) is 0.222. The molecule has 0 spiro atoms. The highest BCUT2D eigenvalue weighted by Gasteiger charge is 2.17. The average Bonchev–Trinajstić information content (AvgIpc) is 3.28.